The fourth-order valence-corrected chi connectivity index (χ4v) is 5.38. The van der Waals surface area contributed by atoms with E-state index < -0.39 is 22.0 Å². The molecule has 8 nitrogen and oxygen atoms in total. The number of carbonyl (C=O) groups excluding carboxylic acids is 1. The second-order valence-corrected chi connectivity index (χ2v) is 12.5. The van der Waals surface area contributed by atoms with Crippen LogP contribution >= 0.6 is 0 Å². The van der Waals surface area contributed by atoms with E-state index in [4.69, 9.17) is 4.74 Å². The average molecular weight is 538 g/mol. The van der Waals surface area contributed by atoms with Crippen LogP contribution in [0.1, 0.15) is 50.8 Å². The summed E-state index contributed by atoms with van der Waals surface area (Å²) in [7, 11) is -3.92. The van der Waals surface area contributed by atoms with Crippen LogP contribution in [0.25, 0.3) is 11.1 Å². The summed E-state index contributed by atoms with van der Waals surface area (Å²) < 4.78 is 33.6. The number of benzene rings is 2. The highest BCUT2D eigenvalue weighted by molar-refractivity contribution is 7.90. The van der Waals surface area contributed by atoms with E-state index in [-0.39, 0.29) is 22.8 Å². The van der Waals surface area contributed by atoms with Crippen molar-refractivity contribution in [3.63, 3.8) is 0 Å². The lowest BCUT2D eigenvalue weighted by Crippen LogP contribution is -2.36. The van der Waals surface area contributed by atoms with Crippen LogP contribution in [0, 0.1) is 5.41 Å². The van der Waals surface area contributed by atoms with Gasteiger partial charge in [0.15, 0.2) is 0 Å². The number of sulfonamides is 1. The molecule has 2 aromatic carbocycles. The molecule has 1 aromatic heterocycles. The van der Waals surface area contributed by atoms with Gasteiger partial charge in [0.1, 0.15) is 11.9 Å². The predicted octanol–water partition coefficient (Wildman–Crippen LogP) is 4.01. The van der Waals surface area contributed by atoms with E-state index in [2.05, 4.69) is 21.1 Å². The third-order valence-electron chi connectivity index (χ3n) is 6.31. The van der Waals surface area contributed by atoms with Gasteiger partial charge in [-0.15, -0.1) is 0 Å². The Labute approximate surface area is 224 Å². The smallest absolute Gasteiger partial charge is 0.264 e. The SMILES string of the molecule is CC(C)(C)CC(=O)NS(=O)(=O)c1ccc(-c2ccc3c(c2)CC[C@H](CNC[C@H](O)c2cccnc2)O3)cc1. The number of aromatic nitrogens is 1. The molecule has 0 unspecified atom stereocenters. The maximum absolute atomic E-state index is 12.6. The Morgan fingerprint density at radius 2 is 1.87 bits per heavy atom. The van der Waals surface area contributed by atoms with Crippen molar-refractivity contribution in [2.45, 2.75) is 57.1 Å². The van der Waals surface area contributed by atoms with Crippen molar-refractivity contribution in [2.75, 3.05) is 13.1 Å². The van der Waals surface area contributed by atoms with Crippen molar-refractivity contribution in [1.29, 1.82) is 0 Å². The standard InChI is InChI=1S/C29H35N3O5S/c1-29(2,3)16-28(34)32-38(35,36)25-11-7-20(8-12-25)21-9-13-27-22(15-21)6-10-24(37-27)18-31-19-26(33)23-5-4-14-30-17-23/h4-5,7-9,11-15,17,24,26,31,33H,6,10,16,18-19H2,1-3H3,(H,32,34)/t24-,26+/m1/s1. The number of carbonyl (C=O) groups is 1. The summed E-state index contributed by atoms with van der Waals surface area (Å²) in [4.78, 5) is 16.2. The second kappa shape index (κ2) is 11.6. The average Bonchev–Trinajstić information content (AvgIpc) is 2.87. The van der Waals surface area contributed by atoms with Crippen molar-refractivity contribution in [2.24, 2.45) is 5.41 Å². The molecule has 38 heavy (non-hydrogen) atoms. The van der Waals surface area contributed by atoms with Gasteiger partial charge in [-0.25, -0.2) is 13.1 Å². The number of aliphatic hydroxyl groups excluding tert-OH is 1. The number of hydrogen-bond donors (Lipinski definition) is 3. The number of hydrogen-bond acceptors (Lipinski definition) is 7. The van der Waals surface area contributed by atoms with Crippen LogP contribution in [0.3, 0.4) is 0 Å². The summed E-state index contributed by atoms with van der Waals surface area (Å²) in [6.45, 7) is 6.69. The fraction of sp³-hybridized carbons (Fsp3) is 0.379. The third kappa shape index (κ3) is 7.40. The molecule has 3 aromatic rings. The number of nitrogens with one attached hydrogen (secondary N) is 2. The van der Waals surface area contributed by atoms with E-state index >= 15 is 0 Å². The summed E-state index contributed by atoms with van der Waals surface area (Å²) in [5.74, 6) is 0.315. The lowest BCUT2D eigenvalue weighted by atomic mass is 9.92. The van der Waals surface area contributed by atoms with Crippen molar-refractivity contribution in [3.8, 4) is 16.9 Å². The lowest BCUT2D eigenvalue weighted by molar-refractivity contribution is -0.121. The number of amides is 1. The normalized spacial score (nSPS) is 16.3. The summed E-state index contributed by atoms with van der Waals surface area (Å²) in [5, 5.41) is 13.6. The van der Waals surface area contributed by atoms with E-state index in [1.807, 2.05) is 39.0 Å². The van der Waals surface area contributed by atoms with Crippen molar-refractivity contribution in [3.05, 3.63) is 78.1 Å². The van der Waals surface area contributed by atoms with Gasteiger partial charge in [0.05, 0.1) is 11.0 Å². The molecule has 0 bridgehead atoms. The predicted molar refractivity (Wildman–Crippen MR) is 146 cm³/mol. The van der Waals surface area contributed by atoms with Crippen LogP contribution in [-0.2, 0) is 21.2 Å². The first kappa shape index (κ1) is 27.8. The molecule has 0 radical (unpaired) electrons. The maximum atomic E-state index is 12.6. The van der Waals surface area contributed by atoms with E-state index in [0.29, 0.717) is 13.1 Å². The van der Waals surface area contributed by atoms with Crippen molar-refractivity contribution in [1.82, 2.24) is 15.0 Å². The molecule has 0 saturated carbocycles. The monoisotopic (exact) mass is 537 g/mol. The summed E-state index contributed by atoms with van der Waals surface area (Å²) in [5.41, 5.74) is 3.41. The van der Waals surface area contributed by atoms with Crippen LogP contribution in [0.5, 0.6) is 5.75 Å². The maximum Gasteiger partial charge on any atom is 0.264 e. The number of rotatable bonds is 9. The van der Waals surface area contributed by atoms with E-state index in [1.54, 1.807) is 30.6 Å². The van der Waals surface area contributed by atoms with Gasteiger partial charge in [-0.3, -0.25) is 9.78 Å². The highest BCUT2D eigenvalue weighted by Gasteiger charge is 2.23. The van der Waals surface area contributed by atoms with Crippen LogP contribution < -0.4 is 14.8 Å². The van der Waals surface area contributed by atoms with Crippen LogP contribution in [0.4, 0.5) is 0 Å². The molecular formula is C29H35N3O5S. The van der Waals surface area contributed by atoms with Gasteiger partial charge in [0.2, 0.25) is 5.91 Å². The van der Waals surface area contributed by atoms with E-state index in [1.165, 1.54) is 12.1 Å². The summed E-state index contributed by atoms with van der Waals surface area (Å²) >= 11 is 0. The van der Waals surface area contributed by atoms with Crippen LogP contribution in [0.2, 0.25) is 0 Å². The quantitative estimate of drug-likeness (QED) is 0.378. The number of ether oxygens (including phenoxy) is 1. The topological polar surface area (TPSA) is 118 Å². The molecule has 0 fully saturated rings. The fourth-order valence-electron chi connectivity index (χ4n) is 4.39. The Hall–Kier alpha value is -3.27. The first-order valence-corrected chi connectivity index (χ1v) is 14.2. The minimum Gasteiger partial charge on any atom is -0.489 e. The Balaban J connectivity index is 1.34. The van der Waals surface area contributed by atoms with Crippen LogP contribution in [-0.4, -0.2) is 43.6 Å². The Morgan fingerprint density at radius 3 is 2.55 bits per heavy atom. The van der Waals surface area contributed by atoms with Gasteiger partial charge in [0.25, 0.3) is 10.0 Å². The molecule has 1 amide bonds. The summed E-state index contributed by atoms with van der Waals surface area (Å²) in [6.07, 6.45) is 4.54. The molecule has 0 aliphatic carbocycles. The van der Waals surface area contributed by atoms with Crippen molar-refractivity contribution >= 4 is 15.9 Å². The minimum atomic E-state index is -3.92. The molecule has 4 rings (SSSR count). The molecule has 2 heterocycles. The Kier molecular flexibility index (Phi) is 8.50. The molecule has 3 N–H and O–H groups in total. The largest absolute Gasteiger partial charge is 0.489 e. The molecule has 0 saturated heterocycles. The molecule has 202 valence electrons. The lowest BCUT2D eigenvalue weighted by Gasteiger charge is -2.27. The van der Waals surface area contributed by atoms with Gasteiger partial charge in [-0.1, -0.05) is 45.0 Å². The first-order valence-electron chi connectivity index (χ1n) is 12.7. The zero-order valence-electron chi connectivity index (χ0n) is 22.0. The number of nitrogens with zero attached hydrogens (tertiary/aromatic N) is 1. The van der Waals surface area contributed by atoms with Crippen molar-refractivity contribution < 1.29 is 23.1 Å². The highest BCUT2D eigenvalue weighted by atomic mass is 32.2. The molecule has 2 atom stereocenters. The molecule has 0 spiro atoms. The zero-order valence-corrected chi connectivity index (χ0v) is 22.8. The summed E-state index contributed by atoms with van der Waals surface area (Å²) in [6, 6.07) is 16.1. The Morgan fingerprint density at radius 1 is 1.13 bits per heavy atom. The van der Waals surface area contributed by atoms with Gasteiger partial charge in [-0.05, 0) is 65.3 Å². The van der Waals surface area contributed by atoms with Gasteiger partial charge >= 0.3 is 0 Å². The molecule has 1 aliphatic rings. The molecule has 9 heteroatoms. The molecular weight excluding hydrogens is 502 g/mol. The number of fused-ring (bicyclic) bond motifs is 1. The van der Waals surface area contributed by atoms with Gasteiger partial charge in [-0.2, -0.15) is 0 Å². The van der Waals surface area contributed by atoms with Gasteiger partial charge < -0.3 is 15.2 Å². The molecule has 1 aliphatic heterocycles. The second-order valence-electron chi connectivity index (χ2n) is 10.9. The number of aryl methyl sites for hydroxylation is 1. The first-order chi connectivity index (χ1) is 18.0. The van der Waals surface area contributed by atoms with Crippen LogP contribution in [0.15, 0.2) is 71.9 Å². The van der Waals surface area contributed by atoms with Gasteiger partial charge in [0, 0.05) is 37.5 Å². The third-order valence-corrected chi connectivity index (χ3v) is 7.69. The minimum absolute atomic E-state index is 0.00688. The number of pyridine rings is 1. The number of aliphatic hydroxyl groups is 1. The highest BCUT2D eigenvalue weighted by Crippen LogP contribution is 2.32. The Bertz CT molecular complexity index is 1350. The van der Waals surface area contributed by atoms with E-state index in [9.17, 15) is 18.3 Å². The zero-order chi connectivity index (χ0) is 27.3. The van der Waals surface area contributed by atoms with E-state index in [0.717, 1.165) is 40.8 Å².